The number of likely N-dealkylation sites (tertiary alicyclic amines) is 1. The number of nitrogens with zero attached hydrogens (tertiary/aromatic N) is 5. The minimum atomic E-state index is 0.0310. The molecule has 1 aromatic carbocycles. The van der Waals surface area contributed by atoms with Gasteiger partial charge in [0.15, 0.2) is 0 Å². The van der Waals surface area contributed by atoms with Crippen LogP contribution in [-0.4, -0.2) is 50.6 Å². The second-order valence-corrected chi connectivity index (χ2v) is 6.15. The van der Waals surface area contributed by atoms with Crippen LogP contribution >= 0.6 is 0 Å². The zero-order valence-corrected chi connectivity index (χ0v) is 13.8. The summed E-state index contributed by atoms with van der Waals surface area (Å²) in [7, 11) is 0. The van der Waals surface area contributed by atoms with E-state index in [1.807, 2.05) is 6.07 Å². The van der Waals surface area contributed by atoms with Crippen molar-refractivity contribution in [3.8, 4) is 0 Å². The van der Waals surface area contributed by atoms with E-state index < -0.39 is 0 Å². The van der Waals surface area contributed by atoms with Crippen molar-refractivity contribution < 1.29 is 4.79 Å². The average molecular weight is 328 g/mol. The maximum absolute atomic E-state index is 12.1. The number of nitrogens with one attached hydrogen (secondary N) is 1. The molecule has 1 aromatic heterocycles. The molecule has 0 aliphatic carbocycles. The van der Waals surface area contributed by atoms with Crippen LogP contribution in [0.5, 0.6) is 0 Å². The van der Waals surface area contributed by atoms with Crippen LogP contribution in [0.15, 0.2) is 36.7 Å². The Hall–Kier alpha value is -2.28. The molecule has 1 fully saturated rings. The largest absolute Gasteiger partial charge is 0.354 e. The molecule has 1 aliphatic heterocycles. The summed E-state index contributed by atoms with van der Waals surface area (Å²) in [5, 5.41) is 14.0. The molecule has 7 heteroatoms. The van der Waals surface area contributed by atoms with Gasteiger partial charge in [-0.25, -0.2) is 4.68 Å². The molecule has 0 spiro atoms. The zero-order valence-electron chi connectivity index (χ0n) is 13.8. The summed E-state index contributed by atoms with van der Waals surface area (Å²) in [6, 6.07) is 10.7. The number of amides is 1. The minimum Gasteiger partial charge on any atom is -0.354 e. The van der Waals surface area contributed by atoms with Crippen LogP contribution in [0.4, 0.5) is 0 Å². The normalized spacial score (nSPS) is 16.7. The van der Waals surface area contributed by atoms with E-state index in [0.717, 1.165) is 13.1 Å². The Morgan fingerprint density at radius 2 is 1.96 bits per heavy atom. The molecule has 24 heavy (non-hydrogen) atoms. The van der Waals surface area contributed by atoms with E-state index in [-0.39, 0.29) is 11.9 Å². The summed E-state index contributed by atoms with van der Waals surface area (Å²) in [4.78, 5) is 14.6. The predicted octanol–water partition coefficient (Wildman–Crippen LogP) is 1.41. The molecule has 1 aliphatic rings. The number of tetrazole rings is 1. The van der Waals surface area contributed by atoms with Gasteiger partial charge in [0.2, 0.25) is 5.91 Å². The van der Waals surface area contributed by atoms with Gasteiger partial charge in [0.1, 0.15) is 6.33 Å². The quantitative estimate of drug-likeness (QED) is 0.831. The Labute approximate surface area is 142 Å². The minimum absolute atomic E-state index is 0.0310. The van der Waals surface area contributed by atoms with Crippen molar-refractivity contribution in [3.05, 3.63) is 42.2 Å². The summed E-state index contributed by atoms with van der Waals surface area (Å²) in [6.07, 6.45) is 5.67. The summed E-state index contributed by atoms with van der Waals surface area (Å²) in [5.74, 6) is 0.0310. The third-order valence-corrected chi connectivity index (χ3v) is 4.47. The zero-order chi connectivity index (χ0) is 16.6. The average Bonchev–Trinajstić information content (AvgIpc) is 3.16. The fraction of sp³-hybridized carbons (Fsp3) is 0.529. The van der Waals surface area contributed by atoms with Crippen LogP contribution in [-0.2, 0) is 11.3 Å². The second kappa shape index (κ2) is 8.54. The molecule has 0 saturated carbocycles. The lowest BCUT2D eigenvalue weighted by Crippen LogP contribution is -2.40. The van der Waals surface area contributed by atoms with Gasteiger partial charge in [-0.05, 0) is 41.9 Å². The van der Waals surface area contributed by atoms with E-state index in [9.17, 15) is 4.79 Å². The molecular formula is C17H24N6O. The molecule has 0 bridgehead atoms. The smallest absolute Gasteiger partial charge is 0.221 e. The maximum atomic E-state index is 12.1. The molecule has 0 unspecified atom stereocenters. The first-order valence-corrected chi connectivity index (χ1v) is 8.59. The van der Waals surface area contributed by atoms with E-state index in [4.69, 9.17) is 0 Å². The third kappa shape index (κ3) is 4.61. The van der Waals surface area contributed by atoms with Gasteiger partial charge < -0.3 is 5.32 Å². The van der Waals surface area contributed by atoms with E-state index in [1.54, 1.807) is 4.68 Å². The van der Waals surface area contributed by atoms with Gasteiger partial charge in [-0.1, -0.05) is 36.8 Å². The predicted molar refractivity (Wildman–Crippen MR) is 90.1 cm³/mol. The van der Waals surface area contributed by atoms with Crippen LogP contribution in [0.3, 0.4) is 0 Å². The van der Waals surface area contributed by atoms with Gasteiger partial charge in [0.05, 0.1) is 12.6 Å². The highest BCUT2D eigenvalue weighted by atomic mass is 16.1. The van der Waals surface area contributed by atoms with Crippen molar-refractivity contribution in [2.75, 3.05) is 19.6 Å². The maximum Gasteiger partial charge on any atom is 0.221 e. The topological polar surface area (TPSA) is 75.9 Å². The molecule has 1 atom stereocenters. The standard InChI is InChI=1S/C17H24N6O/c24-17(9-12-23-14-19-20-21-23)18-13-16(15-7-3-1-4-8-15)22-10-5-2-6-11-22/h1,3-4,7-8,14,16H,2,5-6,9-13H2,(H,18,24)/t16-/m1/s1. The lowest BCUT2D eigenvalue weighted by molar-refractivity contribution is -0.121. The summed E-state index contributed by atoms with van der Waals surface area (Å²) in [6.45, 7) is 3.33. The number of rotatable bonds is 7. The van der Waals surface area contributed by atoms with Crippen molar-refractivity contribution in [1.29, 1.82) is 0 Å². The highest BCUT2D eigenvalue weighted by Gasteiger charge is 2.22. The monoisotopic (exact) mass is 328 g/mol. The second-order valence-electron chi connectivity index (χ2n) is 6.15. The molecule has 1 amide bonds. The first kappa shape index (κ1) is 16.6. The van der Waals surface area contributed by atoms with Gasteiger partial charge in [-0.3, -0.25) is 9.69 Å². The molecule has 2 heterocycles. The number of aromatic nitrogens is 4. The summed E-state index contributed by atoms with van der Waals surface area (Å²) >= 11 is 0. The Morgan fingerprint density at radius 1 is 1.17 bits per heavy atom. The third-order valence-electron chi connectivity index (χ3n) is 4.47. The Bertz CT molecular complexity index is 609. The van der Waals surface area contributed by atoms with Crippen molar-refractivity contribution in [2.45, 2.75) is 38.3 Å². The molecule has 3 rings (SSSR count). The number of carbonyl (C=O) groups excluding carboxylic acids is 1. The van der Waals surface area contributed by atoms with E-state index in [2.05, 4.69) is 50.0 Å². The molecule has 7 nitrogen and oxygen atoms in total. The number of hydrogen-bond donors (Lipinski definition) is 1. The highest BCUT2D eigenvalue weighted by Crippen LogP contribution is 2.23. The van der Waals surface area contributed by atoms with Crippen LogP contribution in [0, 0.1) is 0 Å². The fourth-order valence-electron chi connectivity index (χ4n) is 3.16. The van der Waals surface area contributed by atoms with Crippen LogP contribution in [0.25, 0.3) is 0 Å². The van der Waals surface area contributed by atoms with Gasteiger partial charge in [0, 0.05) is 13.0 Å². The van der Waals surface area contributed by atoms with Crippen molar-refractivity contribution in [1.82, 2.24) is 30.4 Å². The molecule has 1 N–H and O–H groups in total. The number of piperidine rings is 1. The molecule has 2 aromatic rings. The Kier molecular flexibility index (Phi) is 5.90. The fourth-order valence-corrected chi connectivity index (χ4v) is 3.16. The van der Waals surface area contributed by atoms with E-state index in [0.29, 0.717) is 19.5 Å². The highest BCUT2D eigenvalue weighted by molar-refractivity contribution is 5.75. The first-order chi connectivity index (χ1) is 11.8. The van der Waals surface area contributed by atoms with Gasteiger partial charge in [0.25, 0.3) is 0 Å². The molecule has 1 saturated heterocycles. The van der Waals surface area contributed by atoms with Crippen LogP contribution < -0.4 is 5.32 Å². The van der Waals surface area contributed by atoms with Gasteiger partial charge in [-0.15, -0.1) is 5.10 Å². The summed E-state index contributed by atoms with van der Waals surface area (Å²) < 4.78 is 1.57. The van der Waals surface area contributed by atoms with Crippen LogP contribution in [0.1, 0.15) is 37.3 Å². The lowest BCUT2D eigenvalue weighted by Gasteiger charge is -2.35. The SMILES string of the molecule is O=C(CCn1cnnn1)NC[C@H](c1ccccc1)N1CCCCC1. The van der Waals surface area contributed by atoms with Gasteiger partial charge >= 0.3 is 0 Å². The number of benzene rings is 1. The molecule has 128 valence electrons. The molecular weight excluding hydrogens is 304 g/mol. The Morgan fingerprint density at radius 3 is 2.67 bits per heavy atom. The molecule has 0 radical (unpaired) electrons. The Balaban J connectivity index is 1.56. The number of carbonyl (C=O) groups is 1. The number of hydrogen-bond acceptors (Lipinski definition) is 5. The van der Waals surface area contributed by atoms with E-state index >= 15 is 0 Å². The summed E-state index contributed by atoms with van der Waals surface area (Å²) in [5.41, 5.74) is 1.26. The van der Waals surface area contributed by atoms with Crippen molar-refractivity contribution in [2.24, 2.45) is 0 Å². The van der Waals surface area contributed by atoms with Crippen LogP contribution in [0.2, 0.25) is 0 Å². The van der Waals surface area contributed by atoms with Crippen molar-refractivity contribution >= 4 is 5.91 Å². The first-order valence-electron chi connectivity index (χ1n) is 8.59. The van der Waals surface area contributed by atoms with Crippen molar-refractivity contribution in [3.63, 3.8) is 0 Å². The van der Waals surface area contributed by atoms with E-state index in [1.165, 1.54) is 31.2 Å². The van der Waals surface area contributed by atoms with Gasteiger partial charge in [-0.2, -0.15) is 0 Å². The lowest BCUT2D eigenvalue weighted by atomic mass is 10.0. The number of aryl methyl sites for hydroxylation is 1.